The SMILES string of the molecule is CCCCOCC1O[C@@H](O[C@@H]2C(COCCCC)O[C@H](O)C(NC(=O)OCC(Cl)(Cl)Cl)[C@H]2OCCCC)C(OCCCC)C(OCCCC)[C@H]1OCCCC. The molecule has 2 rings (SSSR count). The molecule has 2 N–H and O–H groups in total. The van der Waals surface area contributed by atoms with E-state index in [2.05, 4.69) is 39.9 Å². The first-order chi connectivity index (χ1) is 26.5. The molecule has 0 saturated carbocycles. The van der Waals surface area contributed by atoms with E-state index in [1.807, 2.05) is 6.92 Å². The molecule has 2 heterocycles. The maximum Gasteiger partial charge on any atom is 0.407 e. The van der Waals surface area contributed by atoms with Gasteiger partial charge in [-0.1, -0.05) is 115 Å². The number of halogens is 3. The molecule has 0 aromatic heterocycles. The van der Waals surface area contributed by atoms with Crippen molar-refractivity contribution in [1.29, 1.82) is 0 Å². The molecule has 0 spiro atoms. The van der Waals surface area contributed by atoms with Crippen molar-refractivity contribution >= 4 is 40.9 Å². The third kappa shape index (κ3) is 19.6. The predicted molar refractivity (Wildman–Crippen MR) is 213 cm³/mol. The van der Waals surface area contributed by atoms with Gasteiger partial charge in [-0.25, -0.2) is 4.79 Å². The average Bonchev–Trinajstić information content (AvgIpc) is 3.15. The molecule has 16 heteroatoms. The van der Waals surface area contributed by atoms with Crippen LogP contribution in [-0.4, -0.2) is 136 Å². The van der Waals surface area contributed by atoms with E-state index in [9.17, 15) is 9.90 Å². The van der Waals surface area contributed by atoms with Crippen LogP contribution >= 0.6 is 34.8 Å². The Kier molecular flexibility index (Phi) is 27.6. The number of alkyl carbamates (subject to hydrolysis) is 1. The quantitative estimate of drug-likeness (QED) is 0.0542. The summed E-state index contributed by atoms with van der Waals surface area (Å²) in [6.07, 6.45) is 2.12. The fraction of sp³-hybridized carbons (Fsp3) is 0.974. The van der Waals surface area contributed by atoms with E-state index in [4.69, 9.17) is 82.2 Å². The molecule has 0 aromatic carbocycles. The van der Waals surface area contributed by atoms with E-state index in [1.165, 1.54) is 0 Å². The van der Waals surface area contributed by atoms with Gasteiger partial charge in [0.15, 0.2) is 12.6 Å². The molecule has 0 aromatic rings. The van der Waals surface area contributed by atoms with E-state index < -0.39 is 77.8 Å². The molecule has 2 saturated heterocycles. The lowest BCUT2D eigenvalue weighted by Crippen LogP contribution is -2.68. The fourth-order valence-corrected chi connectivity index (χ4v) is 6.25. The van der Waals surface area contributed by atoms with E-state index in [0.717, 1.165) is 70.6 Å². The van der Waals surface area contributed by atoms with Gasteiger partial charge in [-0.2, -0.15) is 0 Å². The number of amides is 1. The van der Waals surface area contributed by atoms with Gasteiger partial charge >= 0.3 is 6.09 Å². The second kappa shape index (κ2) is 29.9. The summed E-state index contributed by atoms with van der Waals surface area (Å²) in [5.41, 5.74) is 0. The molecular weight excluding hydrogens is 781 g/mol. The van der Waals surface area contributed by atoms with Crippen LogP contribution in [0.5, 0.6) is 0 Å². The lowest BCUT2D eigenvalue weighted by Gasteiger charge is -2.50. The highest BCUT2D eigenvalue weighted by Gasteiger charge is 2.54. The number of alkyl halides is 3. The first-order valence-corrected chi connectivity index (χ1v) is 21.9. The Balaban J connectivity index is 2.62. The van der Waals surface area contributed by atoms with Crippen LogP contribution in [0.1, 0.15) is 119 Å². The first kappa shape index (κ1) is 50.9. The number of rotatable bonds is 30. The Bertz CT molecular complexity index is 970. The zero-order valence-electron chi connectivity index (χ0n) is 34.2. The predicted octanol–water partition coefficient (Wildman–Crippen LogP) is 7.65. The highest BCUT2D eigenvalue weighted by atomic mass is 35.6. The zero-order valence-corrected chi connectivity index (χ0v) is 36.5. The van der Waals surface area contributed by atoms with Gasteiger partial charge in [-0.05, 0) is 38.5 Å². The number of ether oxygens (including phenoxy) is 10. The van der Waals surface area contributed by atoms with Crippen LogP contribution < -0.4 is 5.32 Å². The maximum atomic E-state index is 13.0. The monoisotopic (exact) mass is 851 g/mol. The fourth-order valence-electron chi connectivity index (χ4n) is 6.09. The Labute approximate surface area is 345 Å². The molecule has 2 aliphatic rings. The van der Waals surface area contributed by atoms with Crippen LogP contribution in [0.4, 0.5) is 4.79 Å². The molecule has 0 aliphatic carbocycles. The minimum atomic E-state index is -1.83. The number of aliphatic hydroxyl groups is 1. The smallest absolute Gasteiger partial charge is 0.407 e. The van der Waals surface area contributed by atoms with Crippen molar-refractivity contribution in [2.75, 3.05) is 59.5 Å². The number of hydrogen-bond acceptors (Lipinski definition) is 12. The Morgan fingerprint density at radius 3 is 1.53 bits per heavy atom. The zero-order chi connectivity index (χ0) is 40.5. The van der Waals surface area contributed by atoms with Gasteiger partial charge in [0.2, 0.25) is 3.79 Å². The third-order valence-electron chi connectivity index (χ3n) is 9.28. The molecule has 0 bridgehead atoms. The van der Waals surface area contributed by atoms with Crippen molar-refractivity contribution in [2.45, 2.75) is 184 Å². The molecule has 1 amide bonds. The lowest BCUT2D eigenvalue weighted by molar-refractivity contribution is -0.360. The second-order valence-electron chi connectivity index (χ2n) is 14.2. The van der Waals surface area contributed by atoms with Crippen LogP contribution in [0, 0.1) is 0 Å². The molecule has 2 aliphatic heterocycles. The average molecular weight is 853 g/mol. The highest BCUT2D eigenvalue weighted by molar-refractivity contribution is 6.67. The molecular formula is C39H72Cl3NO12. The van der Waals surface area contributed by atoms with Crippen molar-refractivity contribution in [3.63, 3.8) is 0 Å². The Morgan fingerprint density at radius 2 is 1.04 bits per heavy atom. The van der Waals surface area contributed by atoms with Gasteiger partial charge in [-0.15, -0.1) is 0 Å². The van der Waals surface area contributed by atoms with Gasteiger partial charge in [0.05, 0.1) is 13.2 Å². The van der Waals surface area contributed by atoms with Crippen molar-refractivity contribution in [3.8, 4) is 0 Å². The van der Waals surface area contributed by atoms with Gasteiger partial charge < -0.3 is 57.8 Å². The van der Waals surface area contributed by atoms with E-state index >= 15 is 0 Å². The summed E-state index contributed by atoms with van der Waals surface area (Å²) in [5, 5.41) is 14.0. The molecule has 0 radical (unpaired) electrons. The summed E-state index contributed by atoms with van der Waals surface area (Å²) in [4.78, 5) is 13.0. The number of carbonyl (C=O) groups is 1. The normalized spacial score (nSPS) is 28.7. The van der Waals surface area contributed by atoms with E-state index in [-0.39, 0.29) is 13.2 Å². The molecule has 10 atom stereocenters. The molecule has 55 heavy (non-hydrogen) atoms. The van der Waals surface area contributed by atoms with Crippen molar-refractivity contribution in [3.05, 3.63) is 0 Å². The topological polar surface area (TPSA) is 142 Å². The number of nitrogens with one attached hydrogen (secondary N) is 1. The number of carbonyl (C=O) groups excluding carboxylic acids is 1. The highest BCUT2D eigenvalue weighted by Crippen LogP contribution is 2.35. The van der Waals surface area contributed by atoms with Crippen LogP contribution in [0.2, 0.25) is 0 Å². The summed E-state index contributed by atoms with van der Waals surface area (Å²) in [6.45, 7) is 15.2. The van der Waals surface area contributed by atoms with Gasteiger partial charge in [0, 0.05) is 39.6 Å². The summed E-state index contributed by atoms with van der Waals surface area (Å²) in [6, 6.07) is -1.14. The van der Waals surface area contributed by atoms with Crippen molar-refractivity contribution in [2.24, 2.45) is 0 Å². The van der Waals surface area contributed by atoms with E-state index in [0.29, 0.717) is 46.1 Å². The van der Waals surface area contributed by atoms with Crippen LogP contribution in [0.15, 0.2) is 0 Å². The first-order valence-electron chi connectivity index (χ1n) is 20.8. The minimum absolute atomic E-state index is 0.0800. The lowest BCUT2D eigenvalue weighted by atomic mass is 9.95. The van der Waals surface area contributed by atoms with Gasteiger partial charge in [0.25, 0.3) is 0 Å². The van der Waals surface area contributed by atoms with Crippen molar-refractivity contribution in [1.82, 2.24) is 5.32 Å². The van der Waals surface area contributed by atoms with E-state index in [1.54, 1.807) is 0 Å². The minimum Gasteiger partial charge on any atom is -0.445 e. The second-order valence-corrected chi connectivity index (χ2v) is 16.7. The summed E-state index contributed by atoms with van der Waals surface area (Å²) < 4.78 is 61.8. The number of hydrogen-bond donors (Lipinski definition) is 2. The Hall–Kier alpha value is -0.260. The maximum absolute atomic E-state index is 13.0. The summed E-state index contributed by atoms with van der Waals surface area (Å²) in [5.74, 6) is 0. The standard InChI is InChI=1S/C39H72Cl3NO12/c1-7-13-19-46-25-28-31(48-21-15-9-3)34(50-23-17-11-5)35(51-24-18-12-6)37(54-28)55-32-29(26-47-20-14-8-2)53-36(44)30(33(32)49-22-16-10-4)43-38(45)52-27-39(40,41)42/h28-37,44H,7-27H2,1-6H3,(H,43,45)/t28?,29?,30?,31-,32+,33+,34?,35?,36-,37-/m0/s1. The molecule has 326 valence electrons. The number of unbranched alkanes of at least 4 members (excludes halogenated alkanes) is 6. The van der Waals surface area contributed by atoms with Crippen LogP contribution in [0.25, 0.3) is 0 Å². The number of aliphatic hydroxyl groups excluding tert-OH is 1. The van der Waals surface area contributed by atoms with Crippen LogP contribution in [0.3, 0.4) is 0 Å². The third-order valence-corrected chi connectivity index (χ3v) is 9.61. The van der Waals surface area contributed by atoms with Crippen molar-refractivity contribution < 1.29 is 57.3 Å². The Morgan fingerprint density at radius 1 is 0.600 bits per heavy atom. The molecule has 13 nitrogen and oxygen atoms in total. The van der Waals surface area contributed by atoms with Gasteiger partial charge in [-0.3, -0.25) is 0 Å². The van der Waals surface area contributed by atoms with Gasteiger partial charge in [0.1, 0.15) is 55.4 Å². The molecule has 2 fully saturated rings. The largest absolute Gasteiger partial charge is 0.445 e. The van der Waals surface area contributed by atoms with Crippen LogP contribution in [-0.2, 0) is 47.4 Å². The summed E-state index contributed by atoms with van der Waals surface area (Å²) in [7, 11) is 0. The summed E-state index contributed by atoms with van der Waals surface area (Å²) >= 11 is 17.5. The molecule has 5 unspecified atom stereocenters.